The lowest BCUT2D eigenvalue weighted by atomic mass is 10.0. The first-order valence-corrected chi connectivity index (χ1v) is 12.2. The molecule has 0 aliphatic carbocycles. The molecule has 0 aromatic rings. The molecule has 0 amide bonds. The molecule has 3 rings (SSSR count). The van der Waals surface area contributed by atoms with Crippen LogP contribution >= 0.6 is 23.5 Å². The van der Waals surface area contributed by atoms with E-state index in [0.717, 1.165) is 26.1 Å². The van der Waals surface area contributed by atoms with Crippen molar-refractivity contribution >= 4 is 23.5 Å². The van der Waals surface area contributed by atoms with Gasteiger partial charge < -0.3 is 18.9 Å². The molecule has 3 heterocycles. The zero-order valence-corrected chi connectivity index (χ0v) is 18.5. The Kier molecular flexibility index (Phi) is 7.29. The van der Waals surface area contributed by atoms with Crippen molar-refractivity contribution in [2.75, 3.05) is 24.7 Å². The van der Waals surface area contributed by atoms with Gasteiger partial charge in [-0.3, -0.25) is 0 Å². The molecule has 4 nitrogen and oxygen atoms in total. The number of thioether (sulfide) groups is 2. The van der Waals surface area contributed by atoms with Crippen LogP contribution in [0, 0.1) is 0 Å². The Hall–Kier alpha value is 0.540. The highest BCUT2D eigenvalue weighted by Gasteiger charge is 2.37. The number of hydrogen-bond donors (Lipinski definition) is 0. The second-order valence-corrected chi connectivity index (χ2v) is 11.9. The van der Waals surface area contributed by atoms with Gasteiger partial charge in [0, 0.05) is 0 Å². The Bertz CT molecular complexity index is 415. The topological polar surface area (TPSA) is 36.9 Å². The van der Waals surface area contributed by atoms with Gasteiger partial charge in [-0.05, 0) is 84.1 Å². The normalized spacial score (nSPS) is 32.8. The van der Waals surface area contributed by atoms with E-state index < -0.39 is 11.6 Å². The van der Waals surface area contributed by atoms with Gasteiger partial charge in [0.25, 0.3) is 0 Å². The lowest BCUT2D eigenvalue weighted by molar-refractivity contribution is -0.139. The standard InChI is InChI=1S/C20H36O4S2/c1-18(2)21-14-16(23-18)8-5-10-20(25-12-7-13-26-20)11-6-9-17-15-22-19(3,4)24-17/h16-17H,5-15H2,1-4H3/t16-,17-/m1/s1. The molecule has 0 bridgehead atoms. The Morgan fingerprint density at radius 3 is 1.62 bits per heavy atom. The molecule has 26 heavy (non-hydrogen) atoms. The molecular formula is C20H36O4S2. The first-order chi connectivity index (χ1) is 12.3. The van der Waals surface area contributed by atoms with Gasteiger partial charge in [0.2, 0.25) is 0 Å². The minimum atomic E-state index is -0.395. The number of rotatable bonds is 8. The molecule has 0 aromatic heterocycles. The molecule has 3 aliphatic rings. The van der Waals surface area contributed by atoms with E-state index in [1.807, 2.05) is 27.7 Å². The lowest BCUT2D eigenvalue weighted by Gasteiger charge is -2.37. The summed E-state index contributed by atoms with van der Waals surface area (Å²) in [5, 5.41) is 0. The number of hydrogen-bond acceptors (Lipinski definition) is 6. The van der Waals surface area contributed by atoms with E-state index in [4.69, 9.17) is 18.9 Å². The minimum Gasteiger partial charge on any atom is -0.348 e. The van der Waals surface area contributed by atoms with Crippen molar-refractivity contribution in [1.82, 2.24) is 0 Å². The van der Waals surface area contributed by atoms with E-state index in [1.54, 1.807) is 0 Å². The zero-order chi connectivity index (χ0) is 18.7. The van der Waals surface area contributed by atoms with Gasteiger partial charge in [0.15, 0.2) is 11.6 Å². The van der Waals surface area contributed by atoms with Crippen molar-refractivity contribution in [3.63, 3.8) is 0 Å². The highest BCUT2D eigenvalue weighted by Crippen LogP contribution is 2.49. The van der Waals surface area contributed by atoms with Crippen LogP contribution < -0.4 is 0 Å². The monoisotopic (exact) mass is 404 g/mol. The van der Waals surface area contributed by atoms with Gasteiger partial charge in [-0.25, -0.2) is 0 Å². The van der Waals surface area contributed by atoms with Gasteiger partial charge in [-0.2, -0.15) is 0 Å². The summed E-state index contributed by atoms with van der Waals surface area (Å²) in [6.07, 6.45) is 9.10. The van der Waals surface area contributed by atoms with E-state index in [0.29, 0.717) is 4.08 Å². The summed E-state index contributed by atoms with van der Waals surface area (Å²) in [5.74, 6) is 1.82. The fourth-order valence-electron chi connectivity index (χ4n) is 4.04. The van der Waals surface area contributed by atoms with Crippen molar-refractivity contribution in [3.8, 4) is 0 Å². The van der Waals surface area contributed by atoms with Crippen molar-refractivity contribution in [1.29, 1.82) is 0 Å². The first kappa shape index (κ1) is 21.3. The van der Waals surface area contributed by atoms with Crippen LogP contribution in [0.4, 0.5) is 0 Å². The molecule has 3 aliphatic heterocycles. The summed E-state index contributed by atoms with van der Waals surface area (Å²) in [4.78, 5) is 0. The Morgan fingerprint density at radius 2 is 1.23 bits per heavy atom. The summed E-state index contributed by atoms with van der Waals surface area (Å²) in [6.45, 7) is 9.54. The van der Waals surface area contributed by atoms with Crippen LogP contribution in [0.2, 0.25) is 0 Å². The fraction of sp³-hybridized carbons (Fsp3) is 1.00. The third kappa shape index (κ3) is 6.28. The van der Waals surface area contributed by atoms with Crippen LogP contribution in [-0.4, -0.2) is 52.6 Å². The lowest BCUT2D eigenvalue weighted by Crippen LogP contribution is -2.27. The molecule has 2 atom stereocenters. The average molecular weight is 405 g/mol. The molecule has 0 aromatic carbocycles. The fourth-order valence-corrected chi connectivity index (χ4v) is 7.53. The smallest absolute Gasteiger partial charge is 0.163 e. The summed E-state index contributed by atoms with van der Waals surface area (Å²) >= 11 is 4.39. The molecule has 6 heteroatoms. The third-order valence-electron chi connectivity index (χ3n) is 5.32. The second-order valence-electron chi connectivity index (χ2n) is 8.65. The quantitative estimate of drug-likeness (QED) is 0.554. The SMILES string of the molecule is CC1(C)OC[C@@H](CCCC2(CCC[C@@H]3COC(C)(C)O3)SCCCS2)O1. The predicted molar refractivity (Wildman–Crippen MR) is 110 cm³/mol. The molecule has 3 fully saturated rings. The largest absolute Gasteiger partial charge is 0.348 e. The average Bonchev–Trinajstić information content (AvgIpc) is 3.09. The van der Waals surface area contributed by atoms with Crippen LogP contribution in [0.1, 0.15) is 72.6 Å². The van der Waals surface area contributed by atoms with Gasteiger partial charge in [-0.15, -0.1) is 23.5 Å². The van der Waals surface area contributed by atoms with Crippen LogP contribution in [0.15, 0.2) is 0 Å². The Balaban J connectivity index is 1.41. The number of ether oxygens (including phenoxy) is 4. The zero-order valence-electron chi connectivity index (χ0n) is 16.9. The summed E-state index contributed by atoms with van der Waals surface area (Å²) < 4.78 is 23.7. The van der Waals surface area contributed by atoms with Crippen molar-refractivity contribution in [2.45, 2.75) is 101 Å². The molecule has 0 saturated carbocycles. The van der Waals surface area contributed by atoms with Gasteiger partial charge in [0.05, 0.1) is 29.5 Å². The van der Waals surface area contributed by atoms with Crippen LogP contribution in [0.5, 0.6) is 0 Å². The molecular weight excluding hydrogens is 368 g/mol. The molecule has 0 unspecified atom stereocenters. The molecule has 152 valence electrons. The van der Waals surface area contributed by atoms with E-state index in [1.165, 1.54) is 43.6 Å². The maximum atomic E-state index is 5.97. The highest BCUT2D eigenvalue weighted by atomic mass is 32.2. The first-order valence-electron chi connectivity index (χ1n) is 10.2. The Labute approximate surface area is 167 Å². The Morgan fingerprint density at radius 1 is 0.769 bits per heavy atom. The van der Waals surface area contributed by atoms with Gasteiger partial charge in [-0.1, -0.05) is 0 Å². The molecule has 0 N–H and O–H groups in total. The van der Waals surface area contributed by atoms with Gasteiger partial charge in [0.1, 0.15) is 0 Å². The predicted octanol–water partition coefficient (Wildman–Crippen LogP) is 5.20. The van der Waals surface area contributed by atoms with E-state index in [-0.39, 0.29) is 12.2 Å². The maximum Gasteiger partial charge on any atom is 0.163 e. The highest BCUT2D eigenvalue weighted by molar-refractivity contribution is 8.18. The summed E-state index contributed by atoms with van der Waals surface area (Å²) in [7, 11) is 0. The molecule has 0 spiro atoms. The van der Waals surface area contributed by atoms with E-state index in [9.17, 15) is 0 Å². The maximum absolute atomic E-state index is 5.97. The second kappa shape index (κ2) is 8.91. The van der Waals surface area contributed by atoms with Gasteiger partial charge >= 0.3 is 0 Å². The van der Waals surface area contributed by atoms with Crippen LogP contribution in [0.3, 0.4) is 0 Å². The van der Waals surface area contributed by atoms with Crippen molar-refractivity contribution < 1.29 is 18.9 Å². The molecule has 3 saturated heterocycles. The van der Waals surface area contributed by atoms with Crippen LogP contribution in [0.25, 0.3) is 0 Å². The third-order valence-corrected chi connectivity index (χ3v) is 8.88. The van der Waals surface area contributed by atoms with E-state index >= 15 is 0 Å². The van der Waals surface area contributed by atoms with Crippen molar-refractivity contribution in [3.05, 3.63) is 0 Å². The van der Waals surface area contributed by atoms with Crippen LogP contribution in [-0.2, 0) is 18.9 Å². The summed E-state index contributed by atoms with van der Waals surface area (Å²) in [6, 6.07) is 0. The summed E-state index contributed by atoms with van der Waals surface area (Å²) in [5.41, 5.74) is 0. The van der Waals surface area contributed by atoms with Crippen molar-refractivity contribution in [2.24, 2.45) is 0 Å². The minimum absolute atomic E-state index is 0.270. The molecule has 0 radical (unpaired) electrons. The van der Waals surface area contributed by atoms with E-state index in [2.05, 4.69) is 23.5 Å².